The van der Waals surface area contributed by atoms with Crippen LogP contribution in [0.3, 0.4) is 0 Å². The highest BCUT2D eigenvalue weighted by molar-refractivity contribution is 6.31. The Morgan fingerprint density at radius 3 is 2.71 bits per heavy atom. The van der Waals surface area contributed by atoms with Gasteiger partial charge in [-0.15, -0.1) is 0 Å². The second-order valence-corrected chi connectivity index (χ2v) is 5.08. The summed E-state index contributed by atoms with van der Waals surface area (Å²) >= 11 is 6.01. The van der Waals surface area contributed by atoms with E-state index in [0.29, 0.717) is 18.1 Å². The van der Waals surface area contributed by atoms with Crippen LogP contribution >= 0.6 is 11.6 Å². The minimum absolute atomic E-state index is 0.0737. The Bertz CT molecular complexity index is 622. The highest BCUT2D eigenvalue weighted by Gasteiger charge is 2.13. The maximum absolute atomic E-state index is 13.1. The Morgan fingerprint density at radius 1 is 1.29 bits per heavy atom. The summed E-state index contributed by atoms with van der Waals surface area (Å²) in [6, 6.07) is 9.74. The third kappa shape index (κ3) is 4.81. The normalized spacial score (nSPS) is 10.8. The van der Waals surface area contributed by atoms with Crippen LogP contribution in [0.25, 0.3) is 0 Å². The second kappa shape index (κ2) is 7.15. The van der Waals surface area contributed by atoms with E-state index >= 15 is 0 Å². The van der Waals surface area contributed by atoms with Crippen LogP contribution in [-0.4, -0.2) is 22.3 Å². The molecule has 0 aliphatic rings. The molecule has 1 aromatic heterocycles. The fraction of sp³-hybridized carbons (Fsp3) is 0.200. The number of nitrogens with zero attached hydrogens (tertiary/aromatic N) is 2. The number of carbonyl (C=O) groups is 1. The third-order valence-corrected chi connectivity index (χ3v) is 3.25. The molecule has 21 heavy (non-hydrogen) atoms. The van der Waals surface area contributed by atoms with Crippen molar-refractivity contribution in [1.29, 1.82) is 0 Å². The first-order valence-corrected chi connectivity index (χ1v) is 6.77. The van der Waals surface area contributed by atoms with Crippen molar-refractivity contribution in [3.05, 3.63) is 64.7 Å². The van der Waals surface area contributed by atoms with Crippen molar-refractivity contribution >= 4 is 17.5 Å². The van der Waals surface area contributed by atoms with Gasteiger partial charge in [0, 0.05) is 24.3 Å². The van der Waals surface area contributed by atoms with Gasteiger partial charge in [-0.3, -0.25) is 14.7 Å². The van der Waals surface area contributed by atoms with E-state index in [0.717, 1.165) is 11.3 Å². The van der Waals surface area contributed by atoms with E-state index in [1.54, 1.807) is 12.3 Å². The maximum atomic E-state index is 13.1. The van der Waals surface area contributed by atoms with Gasteiger partial charge < -0.3 is 5.73 Å². The highest BCUT2D eigenvalue weighted by Crippen LogP contribution is 2.19. The number of pyridine rings is 1. The first-order chi connectivity index (χ1) is 10.0. The standard InChI is InChI=1S/C15H15ClFN3O/c16-14-7-12(17)5-4-11(14)8-20(10-15(18)21)9-13-3-1-2-6-19-13/h1-7H,8-10H2,(H2,18,21). The molecule has 2 aromatic rings. The van der Waals surface area contributed by atoms with Crippen molar-refractivity contribution < 1.29 is 9.18 Å². The van der Waals surface area contributed by atoms with Gasteiger partial charge in [-0.2, -0.15) is 0 Å². The van der Waals surface area contributed by atoms with Gasteiger partial charge in [-0.25, -0.2) is 4.39 Å². The zero-order valence-corrected chi connectivity index (χ0v) is 12.1. The molecule has 2 N–H and O–H groups in total. The molecule has 0 saturated carbocycles. The first kappa shape index (κ1) is 15.4. The molecule has 0 bridgehead atoms. The van der Waals surface area contributed by atoms with Crippen LogP contribution in [-0.2, 0) is 17.9 Å². The van der Waals surface area contributed by atoms with Gasteiger partial charge in [0.05, 0.1) is 12.2 Å². The molecule has 0 saturated heterocycles. The van der Waals surface area contributed by atoms with Crippen molar-refractivity contribution in [1.82, 2.24) is 9.88 Å². The molecule has 1 amide bonds. The topological polar surface area (TPSA) is 59.2 Å². The number of hydrogen-bond donors (Lipinski definition) is 1. The van der Waals surface area contributed by atoms with Crippen LogP contribution in [0.5, 0.6) is 0 Å². The summed E-state index contributed by atoms with van der Waals surface area (Å²) in [5.41, 5.74) is 6.82. The third-order valence-electron chi connectivity index (χ3n) is 2.90. The van der Waals surface area contributed by atoms with Gasteiger partial charge in [0.1, 0.15) is 5.82 Å². The molecule has 1 heterocycles. The van der Waals surface area contributed by atoms with E-state index in [9.17, 15) is 9.18 Å². The minimum atomic E-state index is -0.441. The Hall–Kier alpha value is -1.98. The largest absolute Gasteiger partial charge is 0.369 e. The van der Waals surface area contributed by atoms with Crippen LogP contribution in [0.15, 0.2) is 42.6 Å². The fourth-order valence-electron chi connectivity index (χ4n) is 2.00. The molecule has 0 radical (unpaired) electrons. The number of rotatable bonds is 6. The van der Waals surface area contributed by atoms with E-state index in [2.05, 4.69) is 4.98 Å². The molecular weight excluding hydrogens is 293 g/mol. The van der Waals surface area contributed by atoms with Crippen molar-refractivity contribution in [2.75, 3.05) is 6.54 Å². The lowest BCUT2D eigenvalue weighted by Crippen LogP contribution is -2.33. The van der Waals surface area contributed by atoms with E-state index in [-0.39, 0.29) is 6.54 Å². The van der Waals surface area contributed by atoms with Crippen LogP contribution in [0.2, 0.25) is 5.02 Å². The molecule has 110 valence electrons. The molecule has 6 heteroatoms. The molecule has 0 aliphatic carbocycles. The van der Waals surface area contributed by atoms with Crippen LogP contribution in [0.4, 0.5) is 4.39 Å². The molecule has 0 atom stereocenters. The Labute approximate surface area is 127 Å². The summed E-state index contributed by atoms with van der Waals surface area (Å²) in [4.78, 5) is 17.2. The number of nitrogens with two attached hydrogens (primary N) is 1. The van der Waals surface area contributed by atoms with Gasteiger partial charge in [-0.05, 0) is 29.8 Å². The monoisotopic (exact) mass is 307 g/mol. The minimum Gasteiger partial charge on any atom is -0.369 e. The van der Waals surface area contributed by atoms with Crippen LogP contribution in [0, 0.1) is 5.82 Å². The average molecular weight is 308 g/mol. The predicted octanol–water partition coefficient (Wildman–Crippen LogP) is 2.36. The zero-order valence-electron chi connectivity index (χ0n) is 11.3. The van der Waals surface area contributed by atoms with E-state index in [1.165, 1.54) is 12.1 Å². The summed E-state index contributed by atoms with van der Waals surface area (Å²) in [6.07, 6.45) is 1.68. The van der Waals surface area contributed by atoms with E-state index < -0.39 is 11.7 Å². The summed E-state index contributed by atoms with van der Waals surface area (Å²) in [7, 11) is 0. The Kier molecular flexibility index (Phi) is 5.25. The van der Waals surface area contributed by atoms with Crippen LogP contribution < -0.4 is 5.73 Å². The highest BCUT2D eigenvalue weighted by atomic mass is 35.5. The van der Waals surface area contributed by atoms with Gasteiger partial charge >= 0.3 is 0 Å². The van der Waals surface area contributed by atoms with E-state index in [1.807, 2.05) is 23.1 Å². The lowest BCUT2D eigenvalue weighted by atomic mass is 10.2. The zero-order chi connectivity index (χ0) is 15.2. The van der Waals surface area contributed by atoms with Crippen molar-refractivity contribution in [2.24, 2.45) is 5.73 Å². The molecule has 0 aliphatic heterocycles. The van der Waals surface area contributed by atoms with Crippen molar-refractivity contribution in [3.8, 4) is 0 Å². The van der Waals surface area contributed by atoms with Crippen molar-refractivity contribution in [3.63, 3.8) is 0 Å². The van der Waals surface area contributed by atoms with Gasteiger partial charge in [0.2, 0.25) is 5.91 Å². The first-order valence-electron chi connectivity index (χ1n) is 6.39. The Morgan fingerprint density at radius 2 is 2.10 bits per heavy atom. The fourth-order valence-corrected chi connectivity index (χ4v) is 2.23. The summed E-state index contributed by atoms with van der Waals surface area (Å²) in [6.45, 7) is 0.917. The number of halogens is 2. The average Bonchev–Trinajstić information content (AvgIpc) is 2.42. The Balaban J connectivity index is 2.14. The molecule has 0 spiro atoms. The van der Waals surface area contributed by atoms with Gasteiger partial charge in [0.25, 0.3) is 0 Å². The second-order valence-electron chi connectivity index (χ2n) is 4.67. The number of hydrogen-bond acceptors (Lipinski definition) is 3. The molecule has 2 rings (SSSR count). The number of carbonyl (C=O) groups excluding carboxylic acids is 1. The molecule has 1 aromatic carbocycles. The SMILES string of the molecule is NC(=O)CN(Cc1ccccn1)Cc1ccc(F)cc1Cl. The summed E-state index contributed by atoms with van der Waals surface area (Å²) in [5.74, 6) is -0.834. The summed E-state index contributed by atoms with van der Waals surface area (Å²) < 4.78 is 13.1. The number of amides is 1. The van der Waals surface area contributed by atoms with E-state index in [4.69, 9.17) is 17.3 Å². The molecular formula is C15H15ClFN3O. The smallest absolute Gasteiger partial charge is 0.231 e. The number of primary amides is 1. The number of aromatic nitrogens is 1. The van der Waals surface area contributed by atoms with Gasteiger partial charge in [0.15, 0.2) is 0 Å². The lowest BCUT2D eigenvalue weighted by Gasteiger charge is -2.21. The maximum Gasteiger partial charge on any atom is 0.231 e. The molecule has 0 fully saturated rings. The van der Waals surface area contributed by atoms with Crippen LogP contribution in [0.1, 0.15) is 11.3 Å². The van der Waals surface area contributed by atoms with Crippen molar-refractivity contribution in [2.45, 2.75) is 13.1 Å². The van der Waals surface area contributed by atoms with Gasteiger partial charge in [-0.1, -0.05) is 23.7 Å². The lowest BCUT2D eigenvalue weighted by molar-refractivity contribution is -0.119. The predicted molar refractivity (Wildman–Crippen MR) is 79.0 cm³/mol. The molecule has 0 unspecified atom stereocenters. The molecule has 4 nitrogen and oxygen atoms in total. The number of benzene rings is 1. The quantitative estimate of drug-likeness (QED) is 0.891. The summed E-state index contributed by atoms with van der Waals surface area (Å²) in [5, 5.41) is 0.325.